The van der Waals surface area contributed by atoms with Gasteiger partial charge in [-0.2, -0.15) is 0 Å². The summed E-state index contributed by atoms with van der Waals surface area (Å²) in [6.45, 7) is 7.31. The zero-order valence-corrected chi connectivity index (χ0v) is 30.6. The van der Waals surface area contributed by atoms with Crippen LogP contribution in [0.15, 0.2) is 73.1 Å². The van der Waals surface area contributed by atoms with Crippen LogP contribution in [0, 0.1) is 46.3 Å². The third-order valence-corrected chi connectivity index (χ3v) is 14.5. The van der Waals surface area contributed by atoms with Crippen LogP contribution in [0.4, 0.5) is 0 Å². The molecular formula is C44H52N2O6. The maximum absolute atomic E-state index is 13.2. The van der Waals surface area contributed by atoms with Gasteiger partial charge in [-0.05, 0) is 128 Å². The maximum atomic E-state index is 13.2. The molecule has 8 nitrogen and oxygen atoms in total. The Hall–Kier alpha value is -3.88. The Labute approximate surface area is 306 Å². The highest BCUT2D eigenvalue weighted by Gasteiger charge is 2.65. The van der Waals surface area contributed by atoms with Gasteiger partial charge in [0.25, 0.3) is 0 Å². The molecule has 4 aliphatic carbocycles. The minimum atomic E-state index is -0.439. The summed E-state index contributed by atoms with van der Waals surface area (Å²) in [5.41, 5.74) is 2.35. The molecule has 0 radical (unpaired) electrons. The fourth-order valence-electron chi connectivity index (χ4n) is 11.7. The molecule has 0 spiro atoms. The lowest BCUT2D eigenvalue weighted by atomic mass is 9.43. The summed E-state index contributed by atoms with van der Waals surface area (Å²) in [6, 6.07) is 19.2. The van der Waals surface area contributed by atoms with Crippen LogP contribution in [0.3, 0.4) is 0 Å². The summed E-state index contributed by atoms with van der Waals surface area (Å²) in [7, 11) is 0. The molecule has 4 fully saturated rings. The monoisotopic (exact) mass is 704 g/mol. The van der Waals surface area contributed by atoms with E-state index in [0.29, 0.717) is 42.4 Å². The molecule has 0 amide bonds. The highest BCUT2D eigenvalue weighted by atomic mass is 16.5. The molecule has 4 saturated carbocycles. The number of aliphatic hydroxyl groups excluding tert-OH is 2. The van der Waals surface area contributed by atoms with Crippen LogP contribution < -0.4 is 0 Å². The summed E-state index contributed by atoms with van der Waals surface area (Å²) in [5.74, 6) is 0.887. The van der Waals surface area contributed by atoms with Crippen molar-refractivity contribution in [3.63, 3.8) is 0 Å². The predicted octanol–water partition coefficient (Wildman–Crippen LogP) is 8.18. The summed E-state index contributed by atoms with van der Waals surface area (Å²) in [4.78, 5) is 34.8. The van der Waals surface area contributed by atoms with Crippen molar-refractivity contribution in [2.45, 2.75) is 96.9 Å². The van der Waals surface area contributed by atoms with E-state index in [9.17, 15) is 19.8 Å². The van der Waals surface area contributed by atoms with Crippen LogP contribution in [-0.4, -0.2) is 57.0 Å². The van der Waals surface area contributed by atoms with Gasteiger partial charge in [-0.15, -0.1) is 0 Å². The van der Waals surface area contributed by atoms with E-state index >= 15 is 0 Å². The van der Waals surface area contributed by atoms with Gasteiger partial charge >= 0.3 is 11.9 Å². The van der Waals surface area contributed by atoms with Crippen molar-refractivity contribution in [2.75, 3.05) is 6.61 Å². The Balaban J connectivity index is 0.882. The van der Waals surface area contributed by atoms with E-state index < -0.39 is 12.2 Å². The van der Waals surface area contributed by atoms with Crippen molar-refractivity contribution in [1.82, 2.24) is 9.97 Å². The molecule has 2 aromatic carbocycles. The molecule has 0 unspecified atom stereocenters. The lowest BCUT2D eigenvalue weighted by molar-refractivity contribution is -0.207. The van der Waals surface area contributed by atoms with E-state index in [-0.39, 0.29) is 52.5 Å². The molecule has 4 aromatic rings. The number of aromatic nitrogens is 2. The third-order valence-electron chi connectivity index (χ3n) is 14.5. The maximum Gasteiger partial charge on any atom is 0.339 e. The second kappa shape index (κ2) is 13.8. The average Bonchev–Trinajstić information content (AvgIpc) is 3.52. The second-order valence-electron chi connectivity index (χ2n) is 17.0. The topological polar surface area (TPSA) is 119 Å². The molecule has 0 saturated heterocycles. The first-order valence-corrected chi connectivity index (χ1v) is 19.5. The summed E-state index contributed by atoms with van der Waals surface area (Å²) in [6.07, 6.45) is 9.72. The van der Waals surface area contributed by atoms with Gasteiger partial charge < -0.3 is 19.7 Å². The Morgan fingerprint density at radius 1 is 0.846 bits per heavy atom. The van der Waals surface area contributed by atoms with Crippen LogP contribution in [-0.2, 0) is 9.47 Å². The van der Waals surface area contributed by atoms with E-state index in [1.807, 2.05) is 60.7 Å². The first kappa shape index (κ1) is 35.2. The SMILES string of the molecule is C[C@H](CCCOC(=O)c1cnc2ccccc2c1)[C@H]1CC[C@H]2[C@@H]3[C@H](O)C[C@@H]4C[C@H](OC(=O)c5cnc6ccccc6c5)CC[C@]4(C)[C@H]3C[C@H](O)[C@]12C. The molecule has 2 N–H and O–H groups in total. The number of para-hydroxylation sites is 2. The van der Waals surface area contributed by atoms with E-state index in [1.54, 1.807) is 12.4 Å². The molecule has 2 heterocycles. The molecule has 0 bridgehead atoms. The number of pyridine rings is 2. The zero-order chi connectivity index (χ0) is 36.2. The standard InChI is InChI=1S/C44H52N2O6/c1-26(9-8-18-51-41(49)29-19-27-10-4-6-12-36(27)45-24-29)33-14-15-34-40-35(23-39(48)44(33,34)3)43(2)17-16-32(21-31(43)22-38(40)47)52-42(50)30-20-28-11-5-7-13-37(28)46-25-30/h4-7,10-13,19-20,24-26,31-35,38-40,47-48H,8-9,14-18,21-23H2,1-3H3/t26-,31+,32-,33-,34+,35+,38-,39+,40+,43+,44-/m1/s1. The van der Waals surface area contributed by atoms with Crippen LogP contribution in [0.5, 0.6) is 0 Å². The van der Waals surface area contributed by atoms with Gasteiger partial charge in [0.15, 0.2) is 0 Å². The number of hydrogen-bond acceptors (Lipinski definition) is 8. The number of esters is 2. The van der Waals surface area contributed by atoms with Gasteiger partial charge in [-0.1, -0.05) is 57.2 Å². The van der Waals surface area contributed by atoms with Crippen LogP contribution in [0.25, 0.3) is 21.8 Å². The van der Waals surface area contributed by atoms with Gasteiger partial charge in [-0.3, -0.25) is 9.97 Å². The highest BCUT2D eigenvalue weighted by molar-refractivity contribution is 5.94. The number of rotatable bonds is 8. The molecule has 11 atom stereocenters. The first-order valence-electron chi connectivity index (χ1n) is 19.5. The van der Waals surface area contributed by atoms with Crippen molar-refractivity contribution >= 4 is 33.7 Å². The fraction of sp³-hybridized carbons (Fsp3) is 0.545. The second-order valence-corrected chi connectivity index (χ2v) is 17.0. The Bertz CT molecular complexity index is 1970. The van der Waals surface area contributed by atoms with E-state index in [1.165, 1.54) is 0 Å². The number of benzene rings is 2. The molecule has 2 aromatic heterocycles. The number of nitrogens with zero attached hydrogens (tertiary/aromatic N) is 2. The fourth-order valence-corrected chi connectivity index (χ4v) is 11.7. The third kappa shape index (κ3) is 6.09. The first-order chi connectivity index (χ1) is 25.1. The van der Waals surface area contributed by atoms with Crippen molar-refractivity contribution in [1.29, 1.82) is 0 Å². The van der Waals surface area contributed by atoms with E-state index in [4.69, 9.17) is 9.47 Å². The van der Waals surface area contributed by atoms with Crippen molar-refractivity contribution in [3.05, 3.63) is 84.2 Å². The number of fused-ring (bicyclic) bond motifs is 7. The number of aliphatic hydroxyl groups is 2. The number of hydrogen-bond donors (Lipinski definition) is 2. The lowest BCUT2D eigenvalue weighted by Gasteiger charge is -2.63. The van der Waals surface area contributed by atoms with Crippen LogP contribution in [0.2, 0.25) is 0 Å². The Morgan fingerprint density at radius 3 is 2.19 bits per heavy atom. The Morgan fingerprint density at radius 2 is 1.50 bits per heavy atom. The summed E-state index contributed by atoms with van der Waals surface area (Å²) < 4.78 is 11.8. The van der Waals surface area contributed by atoms with Crippen LogP contribution in [0.1, 0.15) is 99.3 Å². The number of carbonyl (C=O) groups is 2. The van der Waals surface area contributed by atoms with Gasteiger partial charge in [0, 0.05) is 23.2 Å². The number of carbonyl (C=O) groups excluding carboxylic acids is 2. The van der Waals surface area contributed by atoms with Crippen molar-refractivity contribution < 1.29 is 29.3 Å². The molecule has 274 valence electrons. The van der Waals surface area contributed by atoms with Gasteiger partial charge in [-0.25, -0.2) is 9.59 Å². The quantitative estimate of drug-likeness (QED) is 0.139. The van der Waals surface area contributed by atoms with Gasteiger partial charge in [0.05, 0.1) is 41.0 Å². The van der Waals surface area contributed by atoms with Crippen LogP contribution >= 0.6 is 0 Å². The molecule has 4 aliphatic rings. The predicted molar refractivity (Wildman–Crippen MR) is 199 cm³/mol. The zero-order valence-electron chi connectivity index (χ0n) is 30.6. The molecule has 8 heteroatoms. The highest BCUT2D eigenvalue weighted by Crippen LogP contribution is 2.68. The molecule has 52 heavy (non-hydrogen) atoms. The minimum Gasteiger partial charge on any atom is -0.462 e. The van der Waals surface area contributed by atoms with Gasteiger partial charge in [0.1, 0.15) is 6.10 Å². The normalized spacial score (nSPS) is 34.6. The molecule has 8 rings (SSSR count). The molecule has 0 aliphatic heterocycles. The lowest BCUT2D eigenvalue weighted by Crippen LogP contribution is -2.62. The van der Waals surface area contributed by atoms with E-state index in [0.717, 1.165) is 66.8 Å². The molecular weight excluding hydrogens is 652 g/mol. The van der Waals surface area contributed by atoms with Gasteiger partial charge in [0.2, 0.25) is 0 Å². The number of ether oxygens (including phenoxy) is 2. The van der Waals surface area contributed by atoms with Crippen molar-refractivity contribution in [3.8, 4) is 0 Å². The average molecular weight is 705 g/mol. The summed E-state index contributed by atoms with van der Waals surface area (Å²) >= 11 is 0. The minimum absolute atomic E-state index is 0.0201. The van der Waals surface area contributed by atoms with E-state index in [2.05, 4.69) is 30.7 Å². The summed E-state index contributed by atoms with van der Waals surface area (Å²) in [5, 5.41) is 25.8. The largest absolute Gasteiger partial charge is 0.462 e. The Kier molecular flexibility index (Phi) is 9.35. The van der Waals surface area contributed by atoms with Crippen molar-refractivity contribution in [2.24, 2.45) is 46.3 Å². The smallest absolute Gasteiger partial charge is 0.339 e.